The summed E-state index contributed by atoms with van der Waals surface area (Å²) >= 11 is 0. The molecule has 0 unspecified atom stereocenters. The van der Waals surface area contributed by atoms with E-state index in [1.807, 2.05) is 0 Å². The number of nitrogens with one attached hydrogen (secondary N) is 1. The minimum Gasteiger partial charge on any atom is -0.324 e. The van der Waals surface area contributed by atoms with Gasteiger partial charge in [-0.05, 0) is 32.9 Å². The molecule has 0 aliphatic carbocycles. The molecule has 9 heteroatoms. The Hall–Kier alpha value is -2.16. The molecule has 1 aromatic carbocycles. The highest BCUT2D eigenvalue weighted by Crippen LogP contribution is 2.17. The third kappa shape index (κ3) is 4.50. The number of hydrogen-bond acceptors (Lipinski definition) is 6. The monoisotopic (exact) mass is 302 g/mol. The molecule has 20 heavy (non-hydrogen) atoms. The van der Waals surface area contributed by atoms with Crippen molar-refractivity contribution in [2.45, 2.75) is 31.2 Å². The van der Waals surface area contributed by atoms with Crippen molar-refractivity contribution in [2.24, 2.45) is 0 Å². The molecule has 1 rings (SSSR count). The molecule has 1 N–H and O–H groups in total. The van der Waals surface area contributed by atoms with E-state index in [1.165, 1.54) is 0 Å². The number of hydrogen-bond donors (Lipinski definition) is 1. The van der Waals surface area contributed by atoms with Crippen molar-refractivity contribution >= 4 is 21.9 Å². The van der Waals surface area contributed by atoms with Gasteiger partial charge in [0.1, 0.15) is 4.90 Å². The molecule has 0 aliphatic heterocycles. The Bertz CT molecular complexity index is 615. The summed E-state index contributed by atoms with van der Waals surface area (Å²) in [4.78, 5) is 20.9. The highest BCUT2D eigenvalue weighted by molar-refractivity contribution is 7.87. The van der Waals surface area contributed by atoms with Crippen LogP contribution in [0.25, 0.3) is 0 Å². The number of rotatable bonds is 3. The van der Waals surface area contributed by atoms with E-state index in [4.69, 9.17) is 0 Å². The molecule has 0 bridgehead atoms. The third-order valence-electron chi connectivity index (χ3n) is 2.00. The lowest BCUT2D eigenvalue weighted by Crippen LogP contribution is -2.41. The number of nitro benzene ring substituents is 1. The number of benzene rings is 1. The standard InChI is InChI=1S/C11H14N2O6S/c1-11(2,3)12-10(14)19-20(17,18)9-6-4-8(5-7-9)13(15)16/h4-7H,1-3H3,(H,12,14). The maximum atomic E-state index is 11.8. The van der Waals surface area contributed by atoms with Crippen LogP contribution in [0.3, 0.4) is 0 Å². The number of non-ortho nitro benzene ring substituents is 1. The summed E-state index contributed by atoms with van der Waals surface area (Å²) in [6.45, 7) is 4.98. The molecule has 1 amide bonds. The van der Waals surface area contributed by atoms with Crippen LogP contribution in [0.1, 0.15) is 20.8 Å². The van der Waals surface area contributed by atoms with E-state index in [-0.39, 0.29) is 10.6 Å². The van der Waals surface area contributed by atoms with E-state index in [2.05, 4.69) is 9.50 Å². The lowest BCUT2D eigenvalue weighted by atomic mass is 10.1. The predicted molar refractivity (Wildman–Crippen MR) is 69.7 cm³/mol. The maximum absolute atomic E-state index is 11.8. The minimum atomic E-state index is -4.31. The zero-order valence-electron chi connectivity index (χ0n) is 11.1. The fraction of sp³-hybridized carbons (Fsp3) is 0.364. The smallest absolute Gasteiger partial charge is 0.324 e. The molecule has 0 atom stereocenters. The average Bonchev–Trinajstić information content (AvgIpc) is 2.25. The molecule has 110 valence electrons. The molecule has 0 radical (unpaired) electrons. The van der Waals surface area contributed by atoms with Crippen LogP contribution >= 0.6 is 0 Å². The number of nitrogens with zero attached hydrogens (tertiary/aromatic N) is 1. The minimum absolute atomic E-state index is 0.261. The van der Waals surface area contributed by atoms with Gasteiger partial charge in [-0.1, -0.05) is 0 Å². The van der Waals surface area contributed by atoms with Crippen molar-refractivity contribution in [3.05, 3.63) is 34.4 Å². The first kappa shape index (κ1) is 15.9. The first-order valence-electron chi connectivity index (χ1n) is 5.52. The van der Waals surface area contributed by atoms with E-state index < -0.39 is 26.7 Å². The third-order valence-corrected chi connectivity index (χ3v) is 3.22. The van der Waals surface area contributed by atoms with Gasteiger partial charge < -0.3 is 9.50 Å². The molecule has 0 saturated heterocycles. The molecule has 0 aromatic heterocycles. The van der Waals surface area contributed by atoms with Gasteiger partial charge in [-0.3, -0.25) is 10.1 Å². The van der Waals surface area contributed by atoms with Gasteiger partial charge in [-0.15, -0.1) is 0 Å². The van der Waals surface area contributed by atoms with E-state index in [1.54, 1.807) is 20.8 Å². The van der Waals surface area contributed by atoms with Crippen molar-refractivity contribution < 1.29 is 22.3 Å². The van der Waals surface area contributed by atoms with Crippen molar-refractivity contribution in [3.63, 3.8) is 0 Å². The Morgan fingerprint density at radius 2 is 1.75 bits per heavy atom. The molecule has 1 aromatic rings. The lowest BCUT2D eigenvalue weighted by molar-refractivity contribution is -0.384. The molecule has 0 saturated carbocycles. The number of nitro groups is 1. The van der Waals surface area contributed by atoms with Crippen LogP contribution in [-0.4, -0.2) is 25.0 Å². The molecule has 0 fully saturated rings. The van der Waals surface area contributed by atoms with Crippen molar-refractivity contribution in [2.75, 3.05) is 0 Å². The Morgan fingerprint density at radius 3 is 2.15 bits per heavy atom. The van der Waals surface area contributed by atoms with Gasteiger partial charge in [0, 0.05) is 17.7 Å². The summed E-state index contributed by atoms with van der Waals surface area (Å²) in [6, 6.07) is 4.02. The first-order valence-corrected chi connectivity index (χ1v) is 6.93. The highest BCUT2D eigenvalue weighted by Gasteiger charge is 2.23. The quantitative estimate of drug-likeness (QED) is 0.517. The van der Waals surface area contributed by atoms with Gasteiger partial charge in [0.25, 0.3) is 5.69 Å². The van der Waals surface area contributed by atoms with Gasteiger partial charge in [0.2, 0.25) is 0 Å². The average molecular weight is 302 g/mol. The van der Waals surface area contributed by atoms with Crippen molar-refractivity contribution in [1.29, 1.82) is 0 Å². The fourth-order valence-corrected chi connectivity index (χ4v) is 2.02. The number of carbonyl (C=O) groups excluding carboxylic acids is 1. The van der Waals surface area contributed by atoms with Crippen LogP contribution < -0.4 is 5.32 Å². The summed E-state index contributed by atoms with van der Waals surface area (Å²) in [5.41, 5.74) is -0.912. The Labute approximate surface area is 116 Å². The summed E-state index contributed by atoms with van der Waals surface area (Å²) in [5, 5.41) is 12.8. The van der Waals surface area contributed by atoms with Crippen molar-refractivity contribution in [1.82, 2.24) is 5.32 Å². The predicted octanol–water partition coefficient (Wildman–Crippen LogP) is 1.81. The first-order chi connectivity index (χ1) is 9.01. The number of carbonyl (C=O) groups is 1. The summed E-state index contributed by atoms with van der Waals surface area (Å²) < 4.78 is 27.9. The normalized spacial score (nSPS) is 11.8. The van der Waals surface area contributed by atoms with Gasteiger partial charge in [0.15, 0.2) is 0 Å². The molecular formula is C11H14N2O6S. The van der Waals surface area contributed by atoms with Crippen LogP contribution in [0.5, 0.6) is 0 Å². The Morgan fingerprint density at radius 1 is 1.25 bits per heavy atom. The van der Waals surface area contributed by atoms with Gasteiger partial charge >= 0.3 is 16.2 Å². The van der Waals surface area contributed by atoms with Crippen molar-refractivity contribution in [3.8, 4) is 0 Å². The lowest BCUT2D eigenvalue weighted by Gasteiger charge is -2.19. The second-order valence-electron chi connectivity index (χ2n) is 4.95. The van der Waals surface area contributed by atoms with Crippen LogP contribution in [0.4, 0.5) is 10.5 Å². The van der Waals surface area contributed by atoms with Gasteiger partial charge in [-0.2, -0.15) is 8.42 Å². The topological polar surface area (TPSA) is 116 Å². The molecule has 0 spiro atoms. The van der Waals surface area contributed by atoms with Gasteiger partial charge in [-0.25, -0.2) is 4.79 Å². The van der Waals surface area contributed by atoms with E-state index in [0.717, 1.165) is 24.3 Å². The van der Waals surface area contributed by atoms with Crippen LogP contribution in [0.2, 0.25) is 0 Å². The summed E-state index contributed by atoms with van der Waals surface area (Å²) in [5.74, 6) is 0. The van der Waals surface area contributed by atoms with Crippen LogP contribution in [0, 0.1) is 10.1 Å². The molecular weight excluding hydrogens is 288 g/mol. The maximum Gasteiger partial charge on any atom is 0.423 e. The second-order valence-corrected chi connectivity index (χ2v) is 6.50. The van der Waals surface area contributed by atoms with E-state index in [9.17, 15) is 23.3 Å². The molecule has 8 nitrogen and oxygen atoms in total. The zero-order valence-corrected chi connectivity index (χ0v) is 11.9. The zero-order chi connectivity index (χ0) is 15.6. The van der Waals surface area contributed by atoms with Crippen LogP contribution in [-0.2, 0) is 14.3 Å². The number of amides is 1. The SMILES string of the molecule is CC(C)(C)NC(=O)OS(=O)(=O)c1ccc([N+](=O)[O-])cc1. The van der Waals surface area contributed by atoms with E-state index in [0.29, 0.717) is 0 Å². The van der Waals surface area contributed by atoms with Gasteiger partial charge in [0.05, 0.1) is 4.92 Å². The molecule has 0 aliphatic rings. The van der Waals surface area contributed by atoms with E-state index >= 15 is 0 Å². The summed E-state index contributed by atoms with van der Waals surface area (Å²) in [7, 11) is -4.31. The second kappa shape index (κ2) is 5.45. The van der Waals surface area contributed by atoms with Crippen LogP contribution in [0.15, 0.2) is 29.2 Å². The highest BCUT2D eigenvalue weighted by atomic mass is 32.2. The molecule has 0 heterocycles. The Balaban J connectivity index is 2.89. The largest absolute Gasteiger partial charge is 0.423 e. The fourth-order valence-electron chi connectivity index (χ4n) is 1.21. The Kier molecular flexibility index (Phi) is 4.33. The summed E-state index contributed by atoms with van der Waals surface area (Å²) in [6.07, 6.45) is -1.11.